The molecule has 0 saturated carbocycles. The van der Waals surface area contributed by atoms with Crippen molar-refractivity contribution >= 4 is 10.8 Å². The van der Waals surface area contributed by atoms with Crippen LogP contribution in [0.3, 0.4) is 0 Å². The Hall–Kier alpha value is -2.31. The van der Waals surface area contributed by atoms with Crippen molar-refractivity contribution in [3.8, 4) is 11.4 Å². The first-order valence-corrected chi connectivity index (χ1v) is 6.34. The van der Waals surface area contributed by atoms with Crippen LogP contribution in [0, 0.1) is 6.92 Å². The van der Waals surface area contributed by atoms with Gasteiger partial charge in [-0.2, -0.15) is 4.98 Å². The van der Waals surface area contributed by atoms with Crippen molar-refractivity contribution in [3.63, 3.8) is 0 Å². The summed E-state index contributed by atoms with van der Waals surface area (Å²) in [5.41, 5.74) is 13.3. The molecule has 1 unspecified atom stereocenters. The molecule has 0 bridgehead atoms. The first-order valence-electron chi connectivity index (χ1n) is 6.34. The third kappa shape index (κ3) is 2.15. The van der Waals surface area contributed by atoms with Crippen LogP contribution >= 0.6 is 0 Å². The topological polar surface area (TPSA) is 104 Å². The number of hydrogen-bond acceptors (Lipinski definition) is 6. The first kappa shape index (κ1) is 12.7. The Labute approximate surface area is 115 Å². The van der Waals surface area contributed by atoms with E-state index < -0.39 is 0 Å². The van der Waals surface area contributed by atoms with E-state index in [1.165, 1.54) is 0 Å². The maximum atomic E-state index is 6.02. The van der Waals surface area contributed by atoms with Gasteiger partial charge < -0.3 is 16.0 Å². The molecule has 0 spiro atoms. The van der Waals surface area contributed by atoms with Gasteiger partial charge in [0.25, 0.3) is 0 Å². The van der Waals surface area contributed by atoms with Crippen molar-refractivity contribution in [3.05, 3.63) is 42.0 Å². The standard InChI is InChI=1S/C14H15N5O/c1-8-18-14(19-20-8)10-3-2-9-4-5-17-13(11(9)6-10)12(16)7-15/h2-6,12H,7,15-16H2,1H3. The van der Waals surface area contributed by atoms with Crippen LogP contribution < -0.4 is 11.5 Å². The van der Waals surface area contributed by atoms with E-state index in [0.29, 0.717) is 18.3 Å². The van der Waals surface area contributed by atoms with E-state index in [-0.39, 0.29) is 6.04 Å². The summed E-state index contributed by atoms with van der Waals surface area (Å²) in [4.78, 5) is 8.58. The molecule has 2 aromatic heterocycles. The third-order valence-electron chi connectivity index (χ3n) is 3.19. The van der Waals surface area contributed by atoms with Crippen LogP contribution in [0.4, 0.5) is 0 Å². The monoisotopic (exact) mass is 269 g/mol. The van der Waals surface area contributed by atoms with Gasteiger partial charge in [0.15, 0.2) is 0 Å². The van der Waals surface area contributed by atoms with E-state index in [1.54, 1.807) is 13.1 Å². The Balaban J connectivity index is 2.18. The zero-order valence-electron chi connectivity index (χ0n) is 11.1. The van der Waals surface area contributed by atoms with Crippen LogP contribution in [0.25, 0.3) is 22.2 Å². The number of rotatable bonds is 3. The van der Waals surface area contributed by atoms with Crippen molar-refractivity contribution in [2.75, 3.05) is 6.54 Å². The minimum Gasteiger partial charge on any atom is -0.339 e. The molecule has 1 aromatic carbocycles. The first-order chi connectivity index (χ1) is 9.69. The van der Waals surface area contributed by atoms with E-state index in [0.717, 1.165) is 22.0 Å². The molecule has 0 fully saturated rings. The minimum absolute atomic E-state index is 0.291. The molecule has 3 rings (SSSR count). The summed E-state index contributed by atoms with van der Waals surface area (Å²) in [5.74, 6) is 1.09. The summed E-state index contributed by atoms with van der Waals surface area (Å²) < 4.78 is 5.01. The maximum Gasteiger partial charge on any atom is 0.223 e. The minimum atomic E-state index is -0.291. The molecule has 102 valence electrons. The number of aryl methyl sites for hydroxylation is 1. The van der Waals surface area contributed by atoms with Gasteiger partial charge in [0.05, 0.1) is 11.7 Å². The van der Waals surface area contributed by atoms with Crippen LogP contribution in [0.1, 0.15) is 17.6 Å². The van der Waals surface area contributed by atoms with Crippen LogP contribution in [-0.2, 0) is 0 Å². The molecule has 3 aromatic rings. The molecule has 4 N–H and O–H groups in total. The van der Waals surface area contributed by atoms with Crippen LogP contribution in [0.15, 0.2) is 35.0 Å². The average molecular weight is 269 g/mol. The van der Waals surface area contributed by atoms with Gasteiger partial charge in [0, 0.05) is 30.6 Å². The predicted molar refractivity (Wildman–Crippen MR) is 75.8 cm³/mol. The van der Waals surface area contributed by atoms with Crippen molar-refractivity contribution in [2.24, 2.45) is 11.5 Å². The van der Waals surface area contributed by atoms with Gasteiger partial charge in [-0.3, -0.25) is 4.98 Å². The molecular weight excluding hydrogens is 254 g/mol. The molecule has 6 nitrogen and oxygen atoms in total. The number of benzene rings is 1. The Bertz CT molecular complexity index is 752. The highest BCUT2D eigenvalue weighted by molar-refractivity contribution is 5.88. The second kappa shape index (κ2) is 4.99. The van der Waals surface area contributed by atoms with Gasteiger partial charge in [-0.1, -0.05) is 17.3 Å². The lowest BCUT2D eigenvalue weighted by Crippen LogP contribution is -2.22. The fourth-order valence-corrected chi connectivity index (χ4v) is 2.15. The third-order valence-corrected chi connectivity index (χ3v) is 3.19. The van der Waals surface area contributed by atoms with Gasteiger partial charge in [0.1, 0.15) is 0 Å². The Morgan fingerprint density at radius 2 is 2.15 bits per heavy atom. The summed E-state index contributed by atoms with van der Waals surface area (Å²) >= 11 is 0. The molecule has 20 heavy (non-hydrogen) atoms. The van der Waals surface area contributed by atoms with Crippen LogP contribution in [0.5, 0.6) is 0 Å². The lowest BCUT2D eigenvalue weighted by atomic mass is 10.0. The molecule has 0 aliphatic rings. The van der Waals surface area contributed by atoms with Crippen molar-refractivity contribution in [1.29, 1.82) is 0 Å². The lowest BCUT2D eigenvalue weighted by Gasteiger charge is -2.11. The zero-order valence-corrected chi connectivity index (χ0v) is 11.1. The molecule has 0 amide bonds. The number of aromatic nitrogens is 3. The van der Waals surface area contributed by atoms with Crippen LogP contribution in [-0.4, -0.2) is 21.7 Å². The molecule has 1 atom stereocenters. The summed E-state index contributed by atoms with van der Waals surface area (Å²) in [6.07, 6.45) is 1.74. The highest BCUT2D eigenvalue weighted by Gasteiger charge is 2.12. The van der Waals surface area contributed by atoms with E-state index in [9.17, 15) is 0 Å². The zero-order chi connectivity index (χ0) is 14.1. The van der Waals surface area contributed by atoms with Gasteiger partial charge in [-0.15, -0.1) is 0 Å². The number of fused-ring (bicyclic) bond motifs is 1. The van der Waals surface area contributed by atoms with Crippen molar-refractivity contribution in [1.82, 2.24) is 15.1 Å². The molecule has 0 aliphatic carbocycles. The highest BCUT2D eigenvalue weighted by atomic mass is 16.5. The largest absolute Gasteiger partial charge is 0.339 e. The smallest absolute Gasteiger partial charge is 0.223 e. The fraction of sp³-hybridized carbons (Fsp3) is 0.214. The van der Waals surface area contributed by atoms with Crippen molar-refractivity contribution in [2.45, 2.75) is 13.0 Å². The molecule has 0 saturated heterocycles. The van der Waals surface area contributed by atoms with Gasteiger partial charge in [0.2, 0.25) is 11.7 Å². The van der Waals surface area contributed by atoms with E-state index in [2.05, 4.69) is 15.1 Å². The quantitative estimate of drug-likeness (QED) is 0.747. The highest BCUT2D eigenvalue weighted by Crippen LogP contribution is 2.26. The Morgan fingerprint density at radius 1 is 1.30 bits per heavy atom. The summed E-state index contributed by atoms with van der Waals surface area (Å²) in [6.45, 7) is 2.10. The average Bonchev–Trinajstić information content (AvgIpc) is 2.92. The number of pyridine rings is 1. The summed E-state index contributed by atoms with van der Waals surface area (Å²) in [7, 11) is 0. The van der Waals surface area contributed by atoms with Gasteiger partial charge >= 0.3 is 0 Å². The molecule has 6 heteroatoms. The number of nitrogens with two attached hydrogens (primary N) is 2. The SMILES string of the molecule is Cc1nc(-c2ccc3ccnc(C(N)CN)c3c2)no1. The predicted octanol–water partition coefficient (Wildman–Crippen LogP) is 1.55. The van der Waals surface area contributed by atoms with Gasteiger partial charge in [-0.25, -0.2) is 0 Å². The summed E-state index contributed by atoms with van der Waals surface area (Å²) in [5, 5.41) is 5.95. The van der Waals surface area contributed by atoms with Crippen LogP contribution in [0.2, 0.25) is 0 Å². The fourth-order valence-electron chi connectivity index (χ4n) is 2.15. The number of hydrogen-bond donors (Lipinski definition) is 2. The Kier molecular flexibility index (Phi) is 3.17. The maximum absolute atomic E-state index is 6.02. The molecule has 0 aliphatic heterocycles. The Morgan fingerprint density at radius 3 is 2.85 bits per heavy atom. The number of nitrogens with zero attached hydrogens (tertiary/aromatic N) is 3. The second-order valence-corrected chi connectivity index (χ2v) is 4.61. The van der Waals surface area contributed by atoms with Crippen molar-refractivity contribution < 1.29 is 4.52 Å². The van der Waals surface area contributed by atoms with E-state index in [4.69, 9.17) is 16.0 Å². The van der Waals surface area contributed by atoms with E-state index >= 15 is 0 Å². The lowest BCUT2D eigenvalue weighted by molar-refractivity contribution is 0.394. The van der Waals surface area contributed by atoms with E-state index in [1.807, 2.05) is 24.3 Å². The van der Waals surface area contributed by atoms with Gasteiger partial charge in [-0.05, 0) is 17.5 Å². The molecule has 2 heterocycles. The normalized spacial score (nSPS) is 12.8. The molecule has 0 radical (unpaired) electrons. The molecular formula is C14H15N5O. The summed E-state index contributed by atoms with van der Waals surface area (Å²) in [6, 6.07) is 7.56. The second-order valence-electron chi connectivity index (χ2n) is 4.61.